The number of benzene rings is 3. The summed E-state index contributed by atoms with van der Waals surface area (Å²) in [4.78, 5) is 2.03. The van der Waals surface area contributed by atoms with Crippen molar-refractivity contribution >= 4 is 24.0 Å². The minimum absolute atomic E-state index is 0.436. The van der Waals surface area contributed by atoms with E-state index >= 15 is 0 Å². The maximum absolute atomic E-state index is 14.5. The van der Waals surface area contributed by atoms with E-state index in [4.69, 9.17) is 4.52 Å². The average molecular weight is 423 g/mol. The van der Waals surface area contributed by atoms with Crippen molar-refractivity contribution in [3.05, 3.63) is 90.0 Å². The van der Waals surface area contributed by atoms with Gasteiger partial charge in [0.15, 0.2) is 0 Å². The molecule has 0 saturated heterocycles. The third-order valence-electron chi connectivity index (χ3n) is 5.02. The molecule has 0 spiro atoms. The zero-order valence-corrected chi connectivity index (χ0v) is 19.1. The minimum Gasteiger partial charge on any atom is -0.378 e. The van der Waals surface area contributed by atoms with E-state index in [0.717, 1.165) is 34.2 Å². The van der Waals surface area contributed by atoms with Gasteiger partial charge >= 0.3 is 0 Å². The first-order valence-electron chi connectivity index (χ1n) is 10.3. The Morgan fingerprint density at radius 1 is 0.933 bits per heavy atom. The monoisotopic (exact) mass is 422 g/mol. The van der Waals surface area contributed by atoms with Crippen LogP contribution >= 0.6 is 7.37 Å². The van der Waals surface area contributed by atoms with Gasteiger partial charge in [-0.2, -0.15) is 0 Å². The molecule has 2 atom stereocenters. The largest absolute Gasteiger partial charge is 0.378 e. The molecule has 0 aliphatic carbocycles. The highest BCUT2D eigenvalue weighted by molar-refractivity contribution is 7.67. The highest BCUT2D eigenvalue weighted by atomic mass is 31.2. The highest BCUT2D eigenvalue weighted by Gasteiger charge is 2.37. The summed E-state index contributed by atoms with van der Waals surface area (Å²) in [7, 11) is 0.708. The first-order chi connectivity index (χ1) is 14.4. The second kappa shape index (κ2) is 9.97. The number of hydrogen-bond acceptors (Lipinski definition) is 4. The molecule has 0 amide bonds. The Morgan fingerprint density at radius 2 is 1.57 bits per heavy atom. The van der Waals surface area contributed by atoms with E-state index in [-0.39, 0.29) is 0 Å². The van der Waals surface area contributed by atoms with Gasteiger partial charge in [-0.1, -0.05) is 55.0 Å². The molecular weight excluding hydrogens is 391 g/mol. The van der Waals surface area contributed by atoms with Crippen LogP contribution in [0.5, 0.6) is 0 Å². The third-order valence-corrected chi connectivity index (χ3v) is 7.71. The van der Waals surface area contributed by atoms with Gasteiger partial charge in [-0.15, -0.1) is 0 Å². The molecule has 0 aromatic heterocycles. The topological polar surface area (TPSA) is 41.6 Å². The Balaban J connectivity index is 2.10. The molecule has 30 heavy (non-hydrogen) atoms. The van der Waals surface area contributed by atoms with Gasteiger partial charge in [-0.25, -0.2) is 0 Å². The molecule has 158 valence electrons. The standard InChI is InChI=1S/C25H31N2O2P/c1-5-19-29-30(28,24-17-15-23(16-18-24)27(3)4)25(21-13-11-20(2)12-14-21)26-22-9-7-6-8-10-22/h6-18,25-26H,5,19H2,1-4H3/t25-,30+/m1/s1. The molecule has 3 aromatic carbocycles. The zero-order chi connectivity index (χ0) is 21.6. The second-order valence-electron chi connectivity index (χ2n) is 7.66. The molecule has 0 aliphatic rings. The number of nitrogens with one attached hydrogen (secondary N) is 1. The van der Waals surface area contributed by atoms with Crippen LogP contribution in [0.1, 0.15) is 30.3 Å². The molecule has 0 unspecified atom stereocenters. The predicted molar refractivity (Wildman–Crippen MR) is 128 cm³/mol. The highest BCUT2D eigenvalue weighted by Crippen LogP contribution is 2.59. The lowest BCUT2D eigenvalue weighted by Crippen LogP contribution is -2.21. The van der Waals surface area contributed by atoms with Crippen LogP contribution in [0.4, 0.5) is 11.4 Å². The molecule has 3 rings (SSSR count). The van der Waals surface area contributed by atoms with Crippen molar-refractivity contribution < 1.29 is 9.09 Å². The number of aryl methyl sites for hydroxylation is 1. The maximum Gasteiger partial charge on any atom is 0.258 e. The summed E-state index contributed by atoms with van der Waals surface area (Å²) in [6.07, 6.45) is 0.797. The molecule has 0 heterocycles. The smallest absolute Gasteiger partial charge is 0.258 e. The van der Waals surface area contributed by atoms with Crippen molar-refractivity contribution in [2.24, 2.45) is 0 Å². The first-order valence-corrected chi connectivity index (χ1v) is 12.0. The Morgan fingerprint density at radius 3 is 2.13 bits per heavy atom. The van der Waals surface area contributed by atoms with Crippen LogP contribution in [0.15, 0.2) is 78.9 Å². The van der Waals surface area contributed by atoms with Gasteiger partial charge < -0.3 is 14.7 Å². The van der Waals surface area contributed by atoms with Crippen molar-refractivity contribution in [2.45, 2.75) is 26.1 Å². The summed E-state index contributed by atoms with van der Waals surface area (Å²) in [5, 5.41) is 4.22. The van der Waals surface area contributed by atoms with Crippen LogP contribution in [-0.2, 0) is 9.09 Å². The van der Waals surface area contributed by atoms with Gasteiger partial charge in [0.1, 0.15) is 5.78 Å². The van der Waals surface area contributed by atoms with Gasteiger partial charge in [-0.3, -0.25) is 4.57 Å². The van der Waals surface area contributed by atoms with Crippen LogP contribution in [-0.4, -0.2) is 20.7 Å². The van der Waals surface area contributed by atoms with Crippen LogP contribution in [0.2, 0.25) is 0 Å². The van der Waals surface area contributed by atoms with Crippen LogP contribution in [0.3, 0.4) is 0 Å². The van der Waals surface area contributed by atoms with E-state index in [2.05, 4.69) is 12.2 Å². The fourth-order valence-electron chi connectivity index (χ4n) is 3.29. The summed E-state index contributed by atoms with van der Waals surface area (Å²) in [5.74, 6) is -0.489. The lowest BCUT2D eigenvalue weighted by atomic mass is 10.1. The average Bonchev–Trinajstić information content (AvgIpc) is 2.77. The summed E-state index contributed by atoms with van der Waals surface area (Å²) < 4.78 is 20.7. The van der Waals surface area contributed by atoms with Gasteiger partial charge in [0.25, 0.3) is 7.37 Å². The fourth-order valence-corrected chi connectivity index (χ4v) is 5.79. The van der Waals surface area contributed by atoms with E-state index in [9.17, 15) is 4.57 Å². The normalized spacial score (nSPS) is 14.0. The summed E-state index contributed by atoms with van der Waals surface area (Å²) in [6.45, 7) is 4.52. The number of anilines is 2. The molecule has 0 bridgehead atoms. The Labute approximate surface area is 180 Å². The van der Waals surface area contributed by atoms with E-state index < -0.39 is 13.2 Å². The molecule has 1 N–H and O–H groups in total. The zero-order valence-electron chi connectivity index (χ0n) is 18.2. The van der Waals surface area contributed by atoms with E-state index in [0.29, 0.717) is 6.61 Å². The second-order valence-corrected chi connectivity index (χ2v) is 10.1. The predicted octanol–water partition coefficient (Wildman–Crippen LogP) is 6.20. The Bertz CT molecular complexity index is 970. The quantitative estimate of drug-likeness (QED) is 0.417. The number of hydrogen-bond donors (Lipinski definition) is 1. The van der Waals surface area contributed by atoms with Crippen LogP contribution in [0.25, 0.3) is 0 Å². The fraction of sp³-hybridized carbons (Fsp3) is 0.280. The number of nitrogens with zero attached hydrogens (tertiary/aromatic N) is 1. The summed E-state index contributed by atoms with van der Waals surface area (Å²) in [5.41, 5.74) is 4.08. The summed E-state index contributed by atoms with van der Waals surface area (Å²) >= 11 is 0. The van der Waals surface area contributed by atoms with Crippen molar-refractivity contribution in [3.8, 4) is 0 Å². The van der Waals surface area contributed by atoms with Crippen molar-refractivity contribution in [2.75, 3.05) is 30.9 Å². The molecule has 5 heteroatoms. The number of para-hydroxylation sites is 1. The summed E-state index contributed by atoms with van der Waals surface area (Å²) in [6, 6.07) is 25.9. The van der Waals surface area contributed by atoms with Crippen molar-refractivity contribution in [1.29, 1.82) is 0 Å². The number of rotatable bonds is 9. The van der Waals surface area contributed by atoms with Gasteiger partial charge in [0.05, 0.1) is 6.61 Å². The van der Waals surface area contributed by atoms with E-state index in [1.54, 1.807) is 0 Å². The molecular formula is C25H31N2O2P. The van der Waals surface area contributed by atoms with Crippen molar-refractivity contribution in [3.63, 3.8) is 0 Å². The van der Waals surface area contributed by atoms with Gasteiger partial charge in [0.2, 0.25) is 0 Å². The van der Waals surface area contributed by atoms with E-state index in [1.165, 1.54) is 0 Å². The molecule has 0 radical (unpaired) electrons. The molecule has 0 saturated carbocycles. The SMILES string of the molecule is CCCO[P@@](=O)(c1ccc(N(C)C)cc1)[C@@H](Nc1ccccc1)c1ccc(C)cc1. The minimum atomic E-state index is -3.28. The van der Waals surface area contributed by atoms with Gasteiger partial charge in [0, 0.05) is 30.8 Å². The maximum atomic E-state index is 14.5. The Hall–Kier alpha value is -2.55. The Kier molecular flexibility index (Phi) is 7.36. The third kappa shape index (κ3) is 5.13. The first kappa shape index (κ1) is 22.1. The van der Waals surface area contributed by atoms with E-state index in [1.807, 2.05) is 105 Å². The lowest BCUT2D eigenvalue weighted by Gasteiger charge is -2.30. The molecule has 0 fully saturated rings. The lowest BCUT2D eigenvalue weighted by molar-refractivity contribution is 0.315. The van der Waals surface area contributed by atoms with Crippen molar-refractivity contribution in [1.82, 2.24) is 0 Å². The molecule has 3 aromatic rings. The van der Waals surface area contributed by atoms with Crippen LogP contribution < -0.4 is 15.5 Å². The van der Waals surface area contributed by atoms with Crippen LogP contribution in [0, 0.1) is 6.92 Å². The molecule has 4 nitrogen and oxygen atoms in total. The van der Waals surface area contributed by atoms with Gasteiger partial charge in [-0.05, 0) is 55.3 Å². The molecule has 0 aliphatic heterocycles.